The van der Waals surface area contributed by atoms with Gasteiger partial charge in [0.15, 0.2) is 5.58 Å². The minimum atomic E-state index is 0.418. The molecule has 2 aromatic heterocycles. The highest BCUT2D eigenvalue weighted by Crippen LogP contribution is 2.32. The van der Waals surface area contributed by atoms with E-state index in [1.807, 2.05) is 30.3 Å². The third kappa shape index (κ3) is 3.14. The summed E-state index contributed by atoms with van der Waals surface area (Å²) >= 11 is 0. The lowest BCUT2D eigenvalue weighted by Crippen LogP contribution is -2.26. The maximum absolute atomic E-state index is 6.13. The van der Waals surface area contributed by atoms with Crippen molar-refractivity contribution in [3.63, 3.8) is 0 Å². The smallest absolute Gasteiger partial charge is 0.231 e. The van der Waals surface area contributed by atoms with Crippen LogP contribution >= 0.6 is 0 Å². The van der Waals surface area contributed by atoms with E-state index in [4.69, 9.17) is 10.2 Å². The van der Waals surface area contributed by atoms with Gasteiger partial charge < -0.3 is 15.5 Å². The Morgan fingerprint density at radius 3 is 2.54 bits per heavy atom. The van der Waals surface area contributed by atoms with Crippen LogP contribution < -0.4 is 11.1 Å². The summed E-state index contributed by atoms with van der Waals surface area (Å²) in [6.07, 6.45) is 4.20. The van der Waals surface area contributed by atoms with Crippen molar-refractivity contribution in [2.75, 3.05) is 18.8 Å². The summed E-state index contributed by atoms with van der Waals surface area (Å²) in [6, 6.07) is 18.5. The van der Waals surface area contributed by atoms with Crippen molar-refractivity contribution in [3.05, 3.63) is 66.4 Å². The topological polar surface area (TPSA) is 77.0 Å². The molecule has 0 spiro atoms. The van der Waals surface area contributed by atoms with Crippen LogP contribution in [-0.2, 0) is 0 Å². The zero-order valence-electron chi connectivity index (χ0n) is 15.6. The Morgan fingerprint density at radius 2 is 1.75 bits per heavy atom. The molecule has 140 valence electrons. The van der Waals surface area contributed by atoms with Gasteiger partial charge in [-0.3, -0.25) is 0 Å². The number of anilines is 1. The van der Waals surface area contributed by atoms with E-state index in [2.05, 4.69) is 39.6 Å². The Morgan fingerprint density at radius 1 is 0.964 bits per heavy atom. The number of hydrogen-bond donors (Lipinski definition) is 2. The van der Waals surface area contributed by atoms with Crippen LogP contribution in [0.4, 0.5) is 5.82 Å². The van der Waals surface area contributed by atoms with E-state index < -0.39 is 0 Å². The molecule has 2 aromatic carbocycles. The predicted octanol–water partition coefficient (Wildman–Crippen LogP) is 4.61. The zero-order valence-corrected chi connectivity index (χ0v) is 15.6. The van der Waals surface area contributed by atoms with Crippen LogP contribution in [0.5, 0.6) is 0 Å². The van der Waals surface area contributed by atoms with Crippen molar-refractivity contribution in [3.8, 4) is 22.6 Å². The van der Waals surface area contributed by atoms with Crippen LogP contribution in [0.3, 0.4) is 0 Å². The molecule has 1 aliphatic heterocycles. The van der Waals surface area contributed by atoms with Crippen molar-refractivity contribution in [2.24, 2.45) is 0 Å². The number of oxazole rings is 1. The third-order valence-electron chi connectivity index (χ3n) is 5.50. The molecule has 0 saturated carbocycles. The van der Waals surface area contributed by atoms with Gasteiger partial charge in [-0.05, 0) is 61.2 Å². The molecule has 1 aliphatic rings. The maximum atomic E-state index is 6.13. The Kier molecular flexibility index (Phi) is 4.29. The van der Waals surface area contributed by atoms with Gasteiger partial charge in [-0.2, -0.15) is 0 Å². The maximum Gasteiger partial charge on any atom is 0.231 e. The lowest BCUT2D eigenvalue weighted by atomic mass is 9.89. The summed E-state index contributed by atoms with van der Waals surface area (Å²) in [5.41, 5.74) is 11.9. The number of aromatic nitrogens is 2. The number of para-hydroxylation sites is 2. The molecule has 0 amide bonds. The van der Waals surface area contributed by atoms with Crippen LogP contribution in [0.25, 0.3) is 33.7 Å². The van der Waals surface area contributed by atoms with E-state index >= 15 is 0 Å². The molecule has 1 fully saturated rings. The van der Waals surface area contributed by atoms with Crippen LogP contribution in [-0.4, -0.2) is 23.1 Å². The molecule has 1 saturated heterocycles. The number of pyridine rings is 1. The highest BCUT2D eigenvalue weighted by molar-refractivity contribution is 5.80. The molecule has 0 atom stereocenters. The van der Waals surface area contributed by atoms with Crippen molar-refractivity contribution in [1.82, 2.24) is 15.3 Å². The van der Waals surface area contributed by atoms with E-state index in [0.717, 1.165) is 40.9 Å². The Bertz CT molecular complexity index is 1080. The van der Waals surface area contributed by atoms with E-state index in [1.165, 1.54) is 18.4 Å². The Hall–Kier alpha value is -3.18. The molecular formula is C23H22N4O. The lowest BCUT2D eigenvalue weighted by Gasteiger charge is -2.23. The second kappa shape index (κ2) is 7.09. The third-order valence-corrected chi connectivity index (χ3v) is 5.50. The first-order valence-corrected chi connectivity index (χ1v) is 9.70. The molecule has 28 heavy (non-hydrogen) atoms. The molecule has 5 nitrogen and oxygen atoms in total. The van der Waals surface area contributed by atoms with Crippen LogP contribution in [0.2, 0.25) is 0 Å². The van der Waals surface area contributed by atoms with Crippen molar-refractivity contribution in [2.45, 2.75) is 18.8 Å². The van der Waals surface area contributed by atoms with Crippen molar-refractivity contribution in [1.29, 1.82) is 0 Å². The average Bonchev–Trinajstić information content (AvgIpc) is 3.19. The second-order valence-electron chi connectivity index (χ2n) is 7.29. The van der Waals surface area contributed by atoms with Crippen LogP contribution in [0.1, 0.15) is 24.3 Å². The highest BCUT2D eigenvalue weighted by Gasteiger charge is 2.16. The SMILES string of the molecule is Nc1ncc(-c2ccc(C3CCNCC3)cc2)cc1-c1nc2ccccc2o1. The zero-order chi connectivity index (χ0) is 18.9. The van der Waals surface area contributed by atoms with Gasteiger partial charge in [-0.15, -0.1) is 0 Å². The monoisotopic (exact) mass is 370 g/mol. The average molecular weight is 370 g/mol. The van der Waals surface area contributed by atoms with Gasteiger partial charge in [0.2, 0.25) is 5.89 Å². The molecule has 0 aliphatic carbocycles. The number of nitrogens with zero attached hydrogens (tertiary/aromatic N) is 2. The summed E-state index contributed by atoms with van der Waals surface area (Å²) in [4.78, 5) is 8.95. The van der Waals surface area contributed by atoms with Gasteiger partial charge >= 0.3 is 0 Å². The first kappa shape index (κ1) is 17.0. The molecule has 0 radical (unpaired) electrons. The molecular weight excluding hydrogens is 348 g/mol. The molecule has 5 rings (SSSR count). The van der Waals surface area contributed by atoms with Gasteiger partial charge in [-0.25, -0.2) is 9.97 Å². The number of piperidine rings is 1. The van der Waals surface area contributed by atoms with Crippen molar-refractivity contribution >= 4 is 16.9 Å². The fourth-order valence-corrected chi connectivity index (χ4v) is 3.89. The summed E-state index contributed by atoms with van der Waals surface area (Å²) in [7, 11) is 0. The molecule has 3 N–H and O–H groups in total. The number of nitrogen functional groups attached to an aromatic ring is 1. The van der Waals surface area contributed by atoms with Crippen molar-refractivity contribution < 1.29 is 4.42 Å². The standard InChI is InChI=1S/C23H22N4O/c24-22-19(23-27-20-3-1-2-4-21(20)28-23)13-18(14-26-22)16-7-5-15(6-8-16)17-9-11-25-12-10-17/h1-8,13-14,17,25H,9-12H2,(H2,24,26). The highest BCUT2D eigenvalue weighted by atomic mass is 16.3. The Balaban J connectivity index is 1.48. The Labute approximate surface area is 163 Å². The first-order valence-electron chi connectivity index (χ1n) is 9.70. The molecule has 5 heteroatoms. The second-order valence-corrected chi connectivity index (χ2v) is 7.29. The van der Waals surface area contributed by atoms with E-state index in [-0.39, 0.29) is 0 Å². The van der Waals surface area contributed by atoms with Crippen LogP contribution in [0, 0.1) is 0 Å². The summed E-state index contributed by atoms with van der Waals surface area (Å²) < 4.78 is 5.89. The number of benzene rings is 2. The molecule has 0 unspecified atom stereocenters. The van der Waals surface area contributed by atoms with Crippen LogP contribution in [0.15, 0.2) is 65.2 Å². The first-order chi connectivity index (χ1) is 13.8. The van der Waals surface area contributed by atoms with E-state index in [0.29, 0.717) is 17.6 Å². The summed E-state index contributed by atoms with van der Waals surface area (Å²) in [5, 5.41) is 3.42. The molecule has 4 aromatic rings. The number of hydrogen-bond acceptors (Lipinski definition) is 5. The number of rotatable bonds is 3. The fraction of sp³-hybridized carbons (Fsp3) is 0.217. The molecule has 0 bridgehead atoms. The quantitative estimate of drug-likeness (QED) is 0.551. The number of nitrogens with one attached hydrogen (secondary N) is 1. The minimum absolute atomic E-state index is 0.418. The summed E-state index contributed by atoms with van der Waals surface area (Å²) in [5.74, 6) is 1.57. The number of nitrogens with two attached hydrogens (primary N) is 1. The summed E-state index contributed by atoms with van der Waals surface area (Å²) in [6.45, 7) is 2.20. The normalized spacial score (nSPS) is 15.1. The molecule has 3 heterocycles. The van der Waals surface area contributed by atoms with Gasteiger partial charge in [0, 0.05) is 11.8 Å². The van der Waals surface area contributed by atoms with E-state index in [9.17, 15) is 0 Å². The van der Waals surface area contributed by atoms with E-state index in [1.54, 1.807) is 6.20 Å². The van der Waals surface area contributed by atoms with Gasteiger partial charge in [-0.1, -0.05) is 36.4 Å². The lowest BCUT2D eigenvalue weighted by molar-refractivity contribution is 0.460. The fourth-order valence-electron chi connectivity index (χ4n) is 3.89. The van der Waals surface area contributed by atoms with Gasteiger partial charge in [0.1, 0.15) is 11.3 Å². The number of fused-ring (bicyclic) bond motifs is 1. The largest absolute Gasteiger partial charge is 0.436 e. The minimum Gasteiger partial charge on any atom is -0.436 e. The predicted molar refractivity (Wildman–Crippen MR) is 112 cm³/mol. The van der Waals surface area contributed by atoms with Gasteiger partial charge in [0.05, 0.1) is 5.56 Å². The van der Waals surface area contributed by atoms with Gasteiger partial charge in [0.25, 0.3) is 0 Å².